The highest BCUT2D eigenvalue weighted by molar-refractivity contribution is 6.32. The molecule has 6 heteroatoms. The van der Waals surface area contributed by atoms with Gasteiger partial charge in [0.15, 0.2) is 11.5 Å². The lowest BCUT2D eigenvalue weighted by Gasteiger charge is -2.16. The van der Waals surface area contributed by atoms with E-state index in [9.17, 15) is 4.79 Å². The van der Waals surface area contributed by atoms with Crippen molar-refractivity contribution in [2.24, 2.45) is 0 Å². The van der Waals surface area contributed by atoms with Gasteiger partial charge in [-0.3, -0.25) is 4.79 Å². The number of aliphatic hydroxyl groups excluding tert-OH is 1. The van der Waals surface area contributed by atoms with Gasteiger partial charge in [-0.2, -0.15) is 0 Å². The highest BCUT2D eigenvalue weighted by Crippen LogP contribution is 2.36. The van der Waals surface area contributed by atoms with Crippen LogP contribution in [0.2, 0.25) is 5.02 Å². The molecule has 118 valence electrons. The zero-order valence-corrected chi connectivity index (χ0v) is 13.4. The summed E-state index contributed by atoms with van der Waals surface area (Å²) >= 11 is 6.19. The average Bonchev–Trinajstić information content (AvgIpc) is 2.46. The van der Waals surface area contributed by atoms with Crippen LogP contribution in [-0.4, -0.2) is 36.9 Å². The number of ether oxygens (including phenoxy) is 2. The van der Waals surface area contributed by atoms with Crippen LogP contribution in [0.1, 0.15) is 37.6 Å². The van der Waals surface area contributed by atoms with E-state index in [1.165, 1.54) is 6.07 Å². The summed E-state index contributed by atoms with van der Waals surface area (Å²) in [5.41, 5.74) is 0.368. The third-order valence-corrected chi connectivity index (χ3v) is 2.95. The summed E-state index contributed by atoms with van der Waals surface area (Å²) in [5, 5.41) is 12.0. The van der Waals surface area contributed by atoms with Crippen LogP contribution in [0.3, 0.4) is 0 Å². The van der Waals surface area contributed by atoms with Gasteiger partial charge in [-0.05, 0) is 32.4 Å². The normalized spacial score (nSPS) is 11.9. The molecule has 1 unspecified atom stereocenters. The molecular formula is C15H22ClNO4. The molecule has 5 nitrogen and oxygen atoms in total. The minimum Gasteiger partial charge on any atom is -0.490 e. The van der Waals surface area contributed by atoms with E-state index in [1.807, 2.05) is 13.8 Å². The first kappa shape index (κ1) is 17.6. The second kappa shape index (κ2) is 8.74. The molecule has 1 aromatic rings. The van der Waals surface area contributed by atoms with E-state index in [1.54, 1.807) is 13.0 Å². The lowest BCUT2D eigenvalue weighted by molar-refractivity contribution is 0.0921. The Bertz CT molecular complexity index is 479. The standard InChI is InChI=1S/C15H22ClNO4/c1-4-6-21-14-12(16)7-11(8-13(14)20-5-2)15(19)17-10(3)9-18/h7-8,10,18H,4-6,9H2,1-3H3,(H,17,19). The summed E-state index contributed by atoms with van der Waals surface area (Å²) in [6, 6.07) is 2.80. The minimum atomic E-state index is -0.331. The zero-order chi connectivity index (χ0) is 15.8. The number of aliphatic hydroxyl groups is 1. The zero-order valence-electron chi connectivity index (χ0n) is 12.6. The first-order chi connectivity index (χ1) is 10.0. The molecule has 1 amide bonds. The fourth-order valence-electron chi connectivity index (χ4n) is 1.66. The van der Waals surface area contributed by atoms with Crippen LogP contribution in [0, 0.1) is 0 Å². The highest BCUT2D eigenvalue weighted by Gasteiger charge is 2.17. The van der Waals surface area contributed by atoms with E-state index >= 15 is 0 Å². The highest BCUT2D eigenvalue weighted by atomic mass is 35.5. The van der Waals surface area contributed by atoms with Crippen molar-refractivity contribution in [2.75, 3.05) is 19.8 Å². The van der Waals surface area contributed by atoms with Crippen molar-refractivity contribution in [3.05, 3.63) is 22.7 Å². The Labute approximate surface area is 130 Å². The third kappa shape index (κ3) is 5.10. The van der Waals surface area contributed by atoms with Crippen LogP contribution in [0.15, 0.2) is 12.1 Å². The molecule has 0 spiro atoms. The van der Waals surface area contributed by atoms with Gasteiger partial charge in [0.25, 0.3) is 5.91 Å². The summed E-state index contributed by atoms with van der Waals surface area (Å²) in [7, 11) is 0. The van der Waals surface area contributed by atoms with E-state index in [0.29, 0.717) is 35.3 Å². The van der Waals surface area contributed by atoms with Gasteiger partial charge in [0.05, 0.1) is 24.8 Å². The molecule has 0 heterocycles. The van der Waals surface area contributed by atoms with Crippen molar-refractivity contribution in [1.82, 2.24) is 5.32 Å². The van der Waals surface area contributed by atoms with Crippen molar-refractivity contribution in [1.29, 1.82) is 0 Å². The van der Waals surface area contributed by atoms with Gasteiger partial charge in [0.1, 0.15) is 0 Å². The summed E-state index contributed by atoms with van der Waals surface area (Å²) in [5.74, 6) is 0.578. The quantitative estimate of drug-likeness (QED) is 0.774. The van der Waals surface area contributed by atoms with Crippen molar-refractivity contribution in [3.63, 3.8) is 0 Å². The molecule has 0 radical (unpaired) electrons. The Morgan fingerprint density at radius 1 is 1.38 bits per heavy atom. The fraction of sp³-hybridized carbons (Fsp3) is 0.533. The fourth-order valence-corrected chi connectivity index (χ4v) is 1.92. The molecule has 0 bridgehead atoms. The second-order valence-corrected chi connectivity index (χ2v) is 5.03. The monoisotopic (exact) mass is 315 g/mol. The maximum Gasteiger partial charge on any atom is 0.251 e. The molecule has 0 aromatic heterocycles. The summed E-state index contributed by atoms with van der Waals surface area (Å²) in [6.07, 6.45) is 0.845. The van der Waals surface area contributed by atoms with Crippen LogP contribution in [0.25, 0.3) is 0 Å². The van der Waals surface area contributed by atoms with Crippen LogP contribution in [-0.2, 0) is 0 Å². The Morgan fingerprint density at radius 3 is 2.67 bits per heavy atom. The van der Waals surface area contributed by atoms with Gasteiger partial charge in [-0.15, -0.1) is 0 Å². The van der Waals surface area contributed by atoms with Crippen molar-refractivity contribution in [3.8, 4) is 11.5 Å². The Balaban J connectivity index is 3.04. The van der Waals surface area contributed by atoms with Crippen LogP contribution in [0.5, 0.6) is 11.5 Å². The Kier molecular flexibility index (Phi) is 7.32. The number of hydrogen-bond donors (Lipinski definition) is 2. The molecule has 0 fully saturated rings. The maximum atomic E-state index is 12.1. The molecule has 1 aromatic carbocycles. The van der Waals surface area contributed by atoms with Crippen molar-refractivity contribution < 1.29 is 19.4 Å². The molecule has 0 aliphatic carbocycles. The number of benzene rings is 1. The Morgan fingerprint density at radius 2 is 2.10 bits per heavy atom. The van der Waals surface area contributed by atoms with E-state index < -0.39 is 0 Å². The number of hydrogen-bond acceptors (Lipinski definition) is 4. The number of nitrogens with one attached hydrogen (secondary N) is 1. The molecule has 2 N–H and O–H groups in total. The van der Waals surface area contributed by atoms with Gasteiger partial charge < -0.3 is 19.9 Å². The van der Waals surface area contributed by atoms with Crippen molar-refractivity contribution in [2.45, 2.75) is 33.2 Å². The number of rotatable bonds is 8. The predicted octanol–water partition coefficient (Wildman–Crippen LogP) is 2.64. The third-order valence-electron chi connectivity index (χ3n) is 2.67. The van der Waals surface area contributed by atoms with Gasteiger partial charge in [-0.1, -0.05) is 18.5 Å². The largest absolute Gasteiger partial charge is 0.490 e. The summed E-state index contributed by atoms with van der Waals surface area (Å²) < 4.78 is 11.1. The minimum absolute atomic E-state index is 0.129. The maximum absolute atomic E-state index is 12.1. The van der Waals surface area contributed by atoms with Gasteiger partial charge in [0.2, 0.25) is 0 Å². The second-order valence-electron chi connectivity index (χ2n) is 4.62. The van der Waals surface area contributed by atoms with Crippen molar-refractivity contribution >= 4 is 17.5 Å². The first-order valence-corrected chi connectivity index (χ1v) is 7.42. The molecule has 0 saturated carbocycles. The molecular weight excluding hydrogens is 294 g/mol. The number of carbonyl (C=O) groups excluding carboxylic acids is 1. The molecule has 1 rings (SSSR count). The van der Waals surface area contributed by atoms with E-state index in [0.717, 1.165) is 6.42 Å². The molecule has 0 saturated heterocycles. The van der Waals surface area contributed by atoms with E-state index in [-0.39, 0.29) is 18.6 Å². The lowest BCUT2D eigenvalue weighted by atomic mass is 10.1. The first-order valence-electron chi connectivity index (χ1n) is 7.04. The average molecular weight is 316 g/mol. The Hall–Kier alpha value is -1.46. The van der Waals surface area contributed by atoms with Crippen LogP contribution >= 0.6 is 11.6 Å². The topological polar surface area (TPSA) is 67.8 Å². The summed E-state index contributed by atoms with van der Waals surface area (Å²) in [6.45, 7) is 6.38. The number of halogens is 1. The SMILES string of the molecule is CCCOc1c(Cl)cc(C(=O)NC(C)CO)cc1OCC. The molecule has 21 heavy (non-hydrogen) atoms. The smallest absolute Gasteiger partial charge is 0.251 e. The number of amides is 1. The van der Waals surface area contributed by atoms with E-state index in [4.69, 9.17) is 26.2 Å². The summed E-state index contributed by atoms with van der Waals surface area (Å²) in [4.78, 5) is 12.1. The number of carbonyl (C=O) groups is 1. The molecule has 0 aliphatic rings. The lowest BCUT2D eigenvalue weighted by Crippen LogP contribution is -2.35. The van der Waals surface area contributed by atoms with Gasteiger partial charge in [0, 0.05) is 11.6 Å². The van der Waals surface area contributed by atoms with Crippen LogP contribution in [0.4, 0.5) is 0 Å². The molecule has 1 atom stereocenters. The van der Waals surface area contributed by atoms with Crippen LogP contribution < -0.4 is 14.8 Å². The predicted molar refractivity (Wildman–Crippen MR) is 82.4 cm³/mol. The van der Waals surface area contributed by atoms with Gasteiger partial charge >= 0.3 is 0 Å². The molecule has 0 aliphatic heterocycles. The van der Waals surface area contributed by atoms with Gasteiger partial charge in [-0.25, -0.2) is 0 Å². The van der Waals surface area contributed by atoms with E-state index in [2.05, 4.69) is 5.32 Å².